The van der Waals surface area contributed by atoms with Crippen molar-refractivity contribution < 1.29 is 4.52 Å². The lowest BCUT2D eigenvalue weighted by molar-refractivity contribution is 0.222. The summed E-state index contributed by atoms with van der Waals surface area (Å²) in [6.45, 7) is 7.63. The van der Waals surface area contributed by atoms with Gasteiger partial charge in [-0.1, -0.05) is 57.5 Å². The number of rotatable bonds is 12. The molecule has 4 heteroatoms. The van der Waals surface area contributed by atoms with Crippen LogP contribution in [-0.4, -0.2) is 23.1 Å². The SMILES string of the molecule is CCCCCCN(CCCCCC)Cc1cc(N)no1. The first-order valence-electron chi connectivity index (χ1n) is 8.19. The highest BCUT2D eigenvalue weighted by Gasteiger charge is 2.09. The van der Waals surface area contributed by atoms with Crippen LogP contribution in [0, 0.1) is 0 Å². The van der Waals surface area contributed by atoms with Gasteiger partial charge in [-0.25, -0.2) is 0 Å². The quantitative estimate of drug-likeness (QED) is 0.583. The van der Waals surface area contributed by atoms with Crippen LogP contribution in [0.2, 0.25) is 0 Å². The van der Waals surface area contributed by atoms with Gasteiger partial charge in [0.25, 0.3) is 0 Å². The van der Waals surface area contributed by atoms with Gasteiger partial charge in [0.2, 0.25) is 0 Å². The highest BCUT2D eigenvalue weighted by molar-refractivity contribution is 5.26. The molecule has 0 spiro atoms. The Morgan fingerprint density at radius 1 is 1.00 bits per heavy atom. The van der Waals surface area contributed by atoms with E-state index in [1.54, 1.807) is 0 Å². The Labute approximate surface area is 123 Å². The fraction of sp³-hybridized carbons (Fsp3) is 0.812. The van der Waals surface area contributed by atoms with Gasteiger partial charge in [-0.2, -0.15) is 0 Å². The fourth-order valence-corrected chi connectivity index (χ4v) is 2.42. The first kappa shape index (κ1) is 17.0. The summed E-state index contributed by atoms with van der Waals surface area (Å²) < 4.78 is 5.23. The fourth-order valence-electron chi connectivity index (χ4n) is 2.42. The molecule has 0 saturated carbocycles. The summed E-state index contributed by atoms with van der Waals surface area (Å²) >= 11 is 0. The van der Waals surface area contributed by atoms with Gasteiger partial charge in [0, 0.05) is 6.07 Å². The number of nitrogens with two attached hydrogens (primary N) is 1. The standard InChI is InChI=1S/C16H31N3O/c1-3-5-7-9-11-19(12-10-8-6-4-2)14-15-13-16(17)18-20-15/h13H,3-12,14H2,1-2H3,(H2,17,18). The summed E-state index contributed by atoms with van der Waals surface area (Å²) in [6, 6.07) is 1.84. The molecule has 20 heavy (non-hydrogen) atoms. The zero-order valence-electron chi connectivity index (χ0n) is 13.2. The summed E-state index contributed by atoms with van der Waals surface area (Å²) in [6.07, 6.45) is 10.4. The number of hydrogen-bond donors (Lipinski definition) is 1. The average molecular weight is 281 g/mol. The molecule has 0 aliphatic carbocycles. The second kappa shape index (κ2) is 10.7. The number of nitrogens with zero attached hydrogens (tertiary/aromatic N) is 2. The molecule has 1 aromatic rings. The molecule has 0 saturated heterocycles. The monoisotopic (exact) mass is 281 g/mol. The molecule has 1 rings (SSSR count). The van der Waals surface area contributed by atoms with Crippen LogP contribution >= 0.6 is 0 Å². The van der Waals surface area contributed by atoms with E-state index in [2.05, 4.69) is 23.9 Å². The topological polar surface area (TPSA) is 55.3 Å². The molecule has 2 N–H and O–H groups in total. The lowest BCUT2D eigenvalue weighted by Gasteiger charge is -2.20. The van der Waals surface area contributed by atoms with E-state index in [0.717, 1.165) is 25.4 Å². The van der Waals surface area contributed by atoms with Crippen LogP contribution in [0.5, 0.6) is 0 Å². The van der Waals surface area contributed by atoms with Gasteiger partial charge < -0.3 is 10.3 Å². The first-order valence-corrected chi connectivity index (χ1v) is 8.19. The minimum absolute atomic E-state index is 0.483. The Bertz CT molecular complexity index is 326. The predicted octanol–water partition coefficient (Wildman–Crippen LogP) is 4.22. The van der Waals surface area contributed by atoms with Gasteiger partial charge in [-0.05, 0) is 25.9 Å². The van der Waals surface area contributed by atoms with Crippen molar-refractivity contribution in [2.24, 2.45) is 0 Å². The van der Waals surface area contributed by atoms with Gasteiger partial charge in [0.1, 0.15) is 0 Å². The third-order valence-corrected chi connectivity index (χ3v) is 3.61. The minimum Gasteiger partial charge on any atom is -0.381 e. The van der Waals surface area contributed by atoms with Crippen LogP contribution in [0.4, 0.5) is 5.82 Å². The molecule has 0 amide bonds. The van der Waals surface area contributed by atoms with Gasteiger partial charge in [-0.3, -0.25) is 4.90 Å². The summed E-state index contributed by atoms with van der Waals surface area (Å²) in [7, 11) is 0. The smallest absolute Gasteiger partial charge is 0.167 e. The highest BCUT2D eigenvalue weighted by atomic mass is 16.5. The first-order chi connectivity index (χ1) is 9.76. The predicted molar refractivity (Wildman–Crippen MR) is 84.5 cm³/mol. The van der Waals surface area contributed by atoms with Crippen molar-refractivity contribution in [1.82, 2.24) is 10.1 Å². The third-order valence-electron chi connectivity index (χ3n) is 3.61. The van der Waals surface area contributed by atoms with Gasteiger partial charge in [0.15, 0.2) is 11.6 Å². The van der Waals surface area contributed by atoms with E-state index in [9.17, 15) is 0 Å². The van der Waals surface area contributed by atoms with Crippen molar-refractivity contribution in [3.05, 3.63) is 11.8 Å². The van der Waals surface area contributed by atoms with Crippen molar-refractivity contribution >= 4 is 5.82 Å². The number of anilines is 1. The van der Waals surface area contributed by atoms with Crippen LogP contribution in [0.25, 0.3) is 0 Å². The Kier molecular flexibility index (Phi) is 9.13. The Hall–Kier alpha value is -1.03. The van der Waals surface area contributed by atoms with Gasteiger partial charge >= 0.3 is 0 Å². The molecule has 4 nitrogen and oxygen atoms in total. The van der Waals surface area contributed by atoms with Crippen molar-refractivity contribution in [2.75, 3.05) is 18.8 Å². The van der Waals surface area contributed by atoms with E-state index in [0.29, 0.717) is 5.82 Å². The zero-order chi connectivity index (χ0) is 14.6. The molecular weight excluding hydrogens is 250 g/mol. The maximum Gasteiger partial charge on any atom is 0.167 e. The van der Waals surface area contributed by atoms with Crippen LogP contribution < -0.4 is 5.73 Å². The largest absolute Gasteiger partial charge is 0.381 e. The molecule has 1 heterocycles. The Morgan fingerprint density at radius 3 is 2.05 bits per heavy atom. The number of aromatic nitrogens is 1. The summed E-state index contributed by atoms with van der Waals surface area (Å²) in [5.41, 5.74) is 5.61. The molecule has 0 radical (unpaired) electrons. The molecule has 0 aliphatic heterocycles. The molecule has 1 aromatic heterocycles. The molecule has 0 bridgehead atoms. The Morgan fingerprint density at radius 2 is 1.60 bits per heavy atom. The molecule has 0 fully saturated rings. The minimum atomic E-state index is 0.483. The number of hydrogen-bond acceptors (Lipinski definition) is 4. The van der Waals surface area contributed by atoms with E-state index in [-0.39, 0.29) is 0 Å². The molecule has 0 atom stereocenters. The van der Waals surface area contributed by atoms with Crippen molar-refractivity contribution in [3.63, 3.8) is 0 Å². The van der Waals surface area contributed by atoms with E-state index in [4.69, 9.17) is 10.3 Å². The van der Waals surface area contributed by atoms with Crippen molar-refractivity contribution in [3.8, 4) is 0 Å². The van der Waals surface area contributed by atoms with E-state index in [1.165, 1.54) is 51.4 Å². The average Bonchev–Trinajstić information content (AvgIpc) is 2.84. The number of unbranched alkanes of at least 4 members (excludes halogenated alkanes) is 6. The zero-order valence-corrected chi connectivity index (χ0v) is 13.2. The second-order valence-corrected chi connectivity index (χ2v) is 5.62. The lowest BCUT2D eigenvalue weighted by atomic mass is 10.1. The van der Waals surface area contributed by atoms with E-state index < -0.39 is 0 Å². The van der Waals surface area contributed by atoms with Crippen LogP contribution in [0.3, 0.4) is 0 Å². The van der Waals surface area contributed by atoms with Crippen molar-refractivity contribution in [2.45, 2.75) is 71.8 Å². The molecular formula is C16H31N3O. The Balaban J connectivity index is 2.33. The van der Waals surface area contributed by atoms with Crippen molar-refractivity contribution in [1.29, 1.82) is 0 Å². The van der Waals surface area contributed by atoms with E-state index >= 15 is 0 Å². The van der Waals surface area contributed by atoms with Crippen LogP contribution in [-0.2, 0) is 6.54 Å². The van der Waals surface area contributed by atoms with Gasteiger partial charge in [0.05, 0.1) is 6.54 Å². The van der Waals surface area contributed by atoms with Gasteiger partial charge in [-0.15, -0.1) is 0 Å². The molecule has 0 unspecified atom stereocenters. The summed E-state index contributed by atoms with van der Waals surface area (Å²) in [5, 5.41) is 3.77. The molecule has 116 valence electrons. The maximum absolute atomic E-state index is 5.61. The second-order valence-electron chi connectivity index (χ2n) is 5.62. The number of nitrogen functional groups attached to an aromatic ring is 1. The lowest BCUT2D eigenvalue weighted by Crippen LogP contribution is -2.25. The van der Waals surface area contributed by atoms with E-state index in [1.807, 2.05) is 6.07 Å². The molecule has 0 aliphatic rings. The van der Waals surface area contributed by atoms with Crippen LogP contribution in [0.1, 0.15) is 71.0 Å². The maximum atomic E-state index is 5.61. The van der Waals surface area contributed by atoms with Crippen LogP contribution in [0.15, 0.2) is 10.6 Å². The summed E-state index contributed by atoms with van der Waals surface area (Å²) in [4.78, 5) is 2.48. The summed E-state index contributed by atoms with van der Waals surface area (Å²) in [5.74, 6) is 1.37. The molecule has 0 aromatic carbocycles. The normalized spacial score (nSPS) is 11.3. The highest BCUT2D eigenvalue weighted by Crippen LogP contribution is 2.11. The third kappa shape index (κ3) is 7.53.